The van der Waals surface area contributed by atoms with E-state index in [1.54, 1.807) is 6.92 Å². The van der Waals surface area contributed by atoms with E-state index in [0.717, 1.165) is 12.1 Å². The fourth-order valence-electron chi connectivity index (χ4n) is 2.32. The van der Waals surface area contributed by atoms with Crippen LogP contribution in [0.5, 0.6) is 0 Å². The number of rotatable bonds is 4. The van der Waals surface area contributed by atoms with E-state index in [2.05, 4.69) is 0 Å². The Morgan fingerprint density at radius 3 is 2.52 bits per heavy atom. The third kappa shape index (κ3) is 2.88. The van der Waals surface area contributed by atoms with Crippen LogP contribution < -0.4 is 10.5 Å². The summed E-state index contributed by atoms with van der Waals surface area (Å²) in [5.41, 5.74) is -0.322. The molecule has 0 aliphatic heterocycles. The first-order valence-electron chi connectivity index (χ1n) is 7.04. The molecular formula is C15H11F3N2O4S. The Bertz CT molecular complexity index is 1140. The zero-order valence-corrected chi connectivity index (χ0v) is 13.5. The second kappa shape index (κ2) is 5.96. The van der Waals surface area contributed by atoms with Crippen molar-refractivity contribution in [1.82, 2.24) is 4.57 Å². The molecule has 3 aromatic rings. The van der Waals surface area contributed by atoms with Gasteiger partial charge >= 0.3 is 5.76 Å². The van der Waals surface area contributed by atoms with Crippen molar-refractivity contribution in [3.05, 3.63) is 58.3 Å². The minimum atomic E-state index is -4.32. The Morgan fingerprint density at radius 1 is 1.12 bits per heavy atom. The van der Waals surface area contributed by atoms with Gasteiger partial charge in [0.1, 0.15) is 0 Å². The summed E-state index contributed by atoms with van der Waals surface area (Å²) in [6, 6.07) is 4.99. The number of aromatic nitrogens is 1. The van der Waals surface area contributed by atoms with Crippen LogP contribution in [-0.4, -0.2) is 13.0 Å². The molecule has 0 bridgehead atoms. The molecule has 0 amide bonds. The third-order valence-electron chi connectivity index (χ3n) is 3.55. The van der Waals surface area contributed by atoms with Crippen LogP contribution in [-0.2, 0) is 16.6 Å². The number of oxazole rings is 1. The molecule has 0 spiro atoms. The van der Waals surface area contributed by atoms with Crippen LogP contribution in [0.2, 0.25) is 0 Å². The molecule has 0 saturated carbocycles. The number of nitrogens with one attached hydrogen (secondary N) is 1. The first kappa shape index (κ1) is 17.1. The van der Waals surface area contributed by atoms with Gasteiger partial charge in [-0.25, -0.2) is 26.4 Å². The fourth-order valence-corrected chi connectivity index (χ4v) is 3.40. The maximum Gasteiger partial charge on any atom is 0.419 e. The minimum Gasteiger partial charge on any atom is -0.408 e. The van der Waals surface area contributed by atoms with Gasteiger partial charge in [-0.2, -0.15) is 0 Å². The van der Waals surface area contributed by atoms with Crippen molar-refractivity contribution in [3.63, 3.8) is 0 Å². The highest BCUT2D eigenvalue weighted by Gasteiger charge is 2.21. The Balaban J connectivity index is 2.05. The van der Waals surface area contributed by atoms with Gasteiger partial charge in [0, 0.05) is 12.6 Å². The highest BCUT2D eigenvalue weighted by atomic mass is 32.2. The summed E-state index contributed by atoms with van der Waals surface area (Å²) in [7, 11) is -4.32. The van der Waals surface area contributed by atoms with Crippen LogP contribution in [0.3, 0.4) is 0 Å². The molecule has 10 heteroatoms. The number of hydrogen-bond donors (Lipinski definition) is 1. The molecule has 6 nitrogen and oxygen atoms in total. The fraction of sp³-hybridized carbons (Fsp3) is 0.133. The standard InChI is InChI=1S/C15H11F3N2O4S/c1-2-20-11-6-3-8(7-12(11)24-15(20)21)25(22,23)19-10-5-4-9(16)13(17)14(10)18/h3-7,19H,2H2,1H3. The van der Waals surface area contributed by atoms with E-state index in [4.69, 9.17) is 4.42 Å². The van der Waals surface area contributed by atoms with E-state index in [0.29, 0.717) is 18.1 Å². The lowest BCUT2D eigenvalue weighted by molar-refractivity contribution is 0.449. The topological polar surface area (TPSA) is 81.3 Å². The van der Waals surface area contributed by atoms with E-state index in [1.165, 1.54) is 16.7 Å². The highest BCUT2D eigenvalue weighted by Crippen LogP contribution is 2.24. The summed E-state index contributed by atoms with van der Waals surface area (Å²) in [4.78, 5) is 11.3. The second-order valence-electron chi connectivity index (χ2n) is 5.07. The van der Waals surface area contributed by atoms with E-state index in [-0.39, 0.29) is 10.5 Å². The van der Waals surface area contributed by atoms with E-state index >= 15 is 0 Å². The van der Waals surface area contributed by atoms with Crippen molar-refractivity contribution in [2.45, 2.75) is 18.4 Å². The number of hydrogen-bond acceptors (Lipinski definition) is 4. The molecule has 25 heavy (non-hydrogen) atoms. The monoisotopic (exact) mass is 372 g/mol. The molecule has 1 aromatic heterocycles. The molecule has 0 aliphatic carbocycles. The van der Waals surface area contributed by atoms with Crippen molar-refractivity contribution in [2.75, 3.05) is 4.72 Å². The number of benzene rings is 2. The molecule has 1 N–H and O–H groups in total. The van der Waals surface area contributed by atoms with Gasteiger partial charge in [0.25, 0.3) is 10.0 Å². The van der Waals surface area contributed by atoms with Crippen LogP contribution in [0, 0.1) is 17.5 Å². The maximum atomic E-state index is 13.7. The Morgan fingerprint density at radius 2 is 1.84 bits per heavy atom. The van der Waals surface area contributed by atoms with E-state index in [1.807, 2.05) is 4.72 Å². The van der Waals surface area contributed by atoms with Crippen molar-refractivity contribution in [1.29, 1.82) is 0 Å². The predicted octanol–water partition coefficient (Wildman–Crippen LogP) is 2.83. The summed E-state index contributed by atoms with van der Waals surface area (Å²) >= 11 is 0. The lowest BCUT2D eigenvalue weighted by atomic mass is 10.3. The molecule has 0 radical (unpaired) electrons. The van der Waals surface area contributed by atoms with Gasteiger partial charge in [-0.15, -0.1) is 0 Å². The third-order valence-corrected chi connectivity index (χ3v) is 4.91. The molecule has 3 rings (SSSR count). The lowest BCUT2D eigenvalue weighted by Gasteiger charge is -2.09. The van der Waals surface area contributed by atoms with Gasteiger partial charge in [-0.3, -0.25) is 9.29 Å². The molecule has 132 valence electrons. The summed E-state index contributed by atoms with van der Waals surface area (Å²) in [6.07, 6.45) is 0. The second-order valence-corrected chi connectivity index (χ2v) is 6.75. The quantitative estimate of drug-likeness (QED) is 0.714. The van der Waals surface area contributed by atoms with Crippen molar-refractivity contribution in [2.24, 2.45) is 0 Å². The largest absolute Gasteiger partial charge is 0.419 e. The van der Waals surface area contributed by atoms with E-state index in [9.17, 15) is 26.4 Å². The zero-order valence-electron chi connectivity index (χ0n) is 12.7. The number of halogens is 3. The van der Waals surface area contributed by atoms with Crippen LogP contribution in [0.15, 0.2) is 44.4 Å². The summed E-state index contributed by atoms with van der Waals surface area (Å²) in [5.74, 6) is -5.54. The lowest BCUT2D eigenvalue weighted by Crippen LogP contribution is -2.15. The van der Waals surface area contributed by atoms with E-state index < -0.39 is 38.9 Å². The molecule has 0 atom stereocenters. The molecule has 2 aromatic carbocycles. The summed E-state index contributed by atoms with van der Waals surface area (Å²) < 4.78 is 72.6. The van der Waals surface area contributed by atoms with Crippen molar-refractivity contribution in [3.8, 4) is 0 Å². The van der Waals surface area contributed by atoms with Crippen LogP contribution >= 0.6 is 0 Å². The van der Waals surface area contributed by atoms with Crippen LogP contribution in [0.25, 0.3) is 11.1 Å². The molecule has 0 saturated heterocycles. The Kier molecular flexibility index (Phi) is 4.07. The molecule has 1 heterocycles. The summed E-state index contributed by atoms with van der Waals surface area (Å²) in [6.45, 7) is 2.05. The number of anilines is 1. The van der Waals surface area contributed by atoms with Crippen molar-refractivity contribution >= 4 is 26.8 Å². The first-order valence-corrected chi connectivity index (χ1v) is 8.52. The van der Waals surface area contributed by atoms with Gasteiger partial charge in [0.2, 0.25) is 0 Å². The predicted molar refractivity (Wildman–Crippen MR) is 83.3 cm³/mol. The van der Waals surface area contributed by atoms with Crippen molar-refractivity contribution < 1.29 is 26.0 Å². The van der Waals surface area contributed by atoms with Crippen LogP contribution in [0.4, 0.5) is 18.9 Å². The van der Waals surface area contributed by atoms with Gasteiger partial charge in [-0.05, 0) is 31.2 Å². The average molecular weight is 372 g/mol. The van der Waals surface area contributed by atoms with Gasteiger partial charge in [-0.1, -0.05) is 0 Å². The van der Waals surface area contributed by atoms with Gasteiger partial charge in [0.15, 0.2) is 23.0 Å². The van der Waals surface area contributed by atoms with Gasteiger partial charge < -0.3 is 4.42 Å². The summed E-state index contributed by atoms with van der Waals surface area (Å²) in [5, 5.41) is 0. The molecule has 0 aliphatic rings. The number of fused-ring (bicyclic) bond motifs is 1. The Labute approximate surface area is 139 Å². The SMILES string of the molecule is CCn1c(=O)oc2cc(S(=O)(=O)Nc3ccc(F)c(F)c3F)ccc21. The average Bonchev–Trinajstić information content (AvgIpc) is 2.89. The molecule has 0 unspecified atom stereocenters. The number of nitrogens with zero attached hydrogens (tertiary/aromatic N) is 1. The highest BCUT2D eigenvalue weighted by molar-refractivity contribution is 7.92. The minimum absolute atomic E-state index is 0.0282. The molecular weight excluding hydrogens is 361 g/mol. The maximum absolute atomic E-state index is 13.7. The zero-order chi connectivity index (χ0) is 18.4. The molecule has 0 fully saturated rings. The first-order chi connectivity index (χ1) is 11.7. The number of sulfonamides is 1. The Hall–Kier alpha value is -2.75. The smallest absolute Gasteiger partial charge is 0.408 e. The van der Waals surface area contributed by atoms with Gasteiger partial charge in [0.05, 0.1) is 16.1 Å². The number of aryl methyl sites for hydroxylation is 1. The van der Waals surface area contributed by atoms with Crippen LogP contribution in [0.1, 0.15) is 6.92 Å². The normalized spacial score (nSPS) is 11.8.